The Morgan fingerprint density at radius 2 is 1.07 bits per heavy atom. The number of benzene rings is 2. The van der Waals surface area contributed by atoms with E-state index in [1.54, 1.807) is 0 Å². The van der Waals surface area contributed by atoms with Gasteiger partial charge in [0.05, 0.1) is 0 Å². The van der Waals surface area contributed by atoms with Crippen molar-refractivity contribution in [2.45, 2.75) is 19.1 Å². The van der Waals surface area contributed by atoms with Gasteiger partial charge in [-0.05, 0) is 23.8 Å². The maximum absolute atomic E-state index is 12.8. The van der Waals surface area contributed by atoms with E-state index in [1.165, 1.54) is 0 Å². The van der Waals surface area contributed by atoms with Crippen LogP contribution >= 0.6 is 0 Å². The molecule has 0 aliphatic heterocycles. The highest BCUT2D eigenvalue weighted by Gasteiger charge is 2.41. The minimum Gasteiger partial charge on any atom is -0.403 e. The van der Waals surface area contributed by atoms with Crippen molar-refractivity contribution in [2.75, 3.05) is 11.5 Å². The maximum Gasteiger partial charge on any atom is 0.573 e. The highest BCUT2D eigenvalue weighted by molar-refractivity contribution is 5.83. The minimum atomic E-state index is -5.62. The fourth-order valence-corrected chi connectivity index (χ4v) is 2.15. The highest BCUT2D eigenvalue weighted by atomic mass is 19.4. The first-order chi connectivity index (χ1) is 13.1. The summed E-state index contributed by atoms with van der Waals surface area (Å²) in [5.74, 6) is -4.91. The van der Waals surface area contributed by atoms with Gasteiger partial charge in [0.25, 0.3) is 0 Å². The van der Waals surface area contributed by atoms with Crippen LogP contribution in [0.5, 0.6) is 17.2 Å². The number of nitrogen functional groups attached to an aromatic ring is 2. The van der Waals surface area contributed by atoms with Crippen molar-refractivity contribution in [3.05, 3.63) is 30.3 Å². The second-order valence-corrected chi connectivity index (χ2v) is 5.26. The van der Waals surface area contributed by atoms with Gasteiger partial charge in [0.15, 0.2) is 17.2 Å². The standard InChI is InChI=1S/C15H9F9N2O3/c16-13(17,18)27-9-5-8(6-1-3-7(25)4-2-6)11(28-14(19,20)21)12(10(9)26)29-15(22,23)24/h1-5H,25-26H2. The lowest BCUT2D eigenvalue weighted by molar-refractivity contribution is -0.287. The number of nitrogens with two attached hydrogens (primary N) is 2. The van der Waals surface area contributed by atoms with Crippen LogP contribution in [0.1, 0.15) is 0 Å². The summed E-state index contributed by atoms with van der Waals surface area (Å²) >= 11 is 0. The topological polar surface area (TPSA) is 79.7 Å². The average Bonchev–Trinajstić information content (AvgIpc) is 2.51. The summed E-state index contributed by atoms with van der Waals surface area (Å²) < 4.78 is 125. The quantitative estimate of drug-likeness (QED) is 0.508. The van der Waals surface area contributed by atoms with E-state index in [4.69, 9.17) is 11.5 Å². The van der Waals surface area contributed by atoms with Gasteiger partial charge in [-0.25, -0.2) is 0 Å². The molecule has 0 saturated carbocycles. The maximum atomic E-state index is 12.8. The summed E-state index contributed by atoms with van der Waals surface area (Å²) in [6.45, 7) is 0. The number of rotatable bonds is 4. The van der Waals surface area contributed by atoms with Crippen LogP contribution in [-0.4, -0.2) is 19.1 Å². The van der Waals surface area contributed by atoms with Crippen LogP contribution in [0.25, 0.3) is 11.1 Å². The summed E-state index contributed by atoms with van der Waals surface area (Å²) in [7, 11) is 0. The van der Waals surface area contributed by atoms with Crippen LogP contribution in [0, 0.1) is 0 Å². The first-order valence-electron chi connectivity index (χ1n) is 7.15. The van der Waals surface area contributed by atoms with E-state index in [0.29, 0.717) is 6.07 Å². The Kier molecular flexibility index (Phi) is 5.59. The SMILES string of the molecule is Nc1ccc(-c2cc(OC(F)(F)F)c(N)c(OC(F)(F)F)c2OC(F)(F)F)cc1. The van der Waals surface area contributed by atoms with Crippen LogP contribution in [-0.2, 0) is 0 Å². The predicted molar refractivity (Wildman–Crippen MR) is 80.8 cm³/mol. The second kappa shape index (κ2) is 7.33. The fourth-order valence-electron chi connectivity index (χ4n) is 2.15. The molecule has 14 heteroatoms. The van der Waals surface area contributed by atoms with Crippen LogP contribution in [0.3, 0.4) is 0 Å². The molecule has 0 bridgehead atoms. The molecular weight excluding hydrogens is 427 g/mol. The lowest BCUT2D eigenvalue weighted by Crippen LogP contribution is -2.24. The molecule has 2 rings (SSSR count). The average molecular weight is 436 g/mol. The van der Waals surface area contributed by atoms with Crippen molar-refractivity contribution in [1.29, 1.82) is 0 Å². The molecule has 0 saturated heterocycles. The Morgan fingerprint density at radius 3 is 1.52 bits per heavy atom. The molecule has 0 amide bonds. The van der Waals surface area contributed by atoms with E-state index >= 15 is 0 Å². The second-order valence-electron chi connectivity index (χ2n) is 5.26. The van der Waals surface area contributed by atoms with E-state index < -0.39 is 47.6 Å². The molecule has 29 heavy (non-hydrogen) atoms. The van der Waals surface area contributed by atoms with Crippen LogP contribution in [0.15, 0.2) is 30.3 Å². The molecule has 0 unspecified atom stereocenters. The van der Waals surface area contributed by atoms with Gasteiger partial charge >= 0.3 is 19.1 Å². The van der Waals surface area contributed by atoms with E-state index in [0.717, 1.165) is 24.3 Å². The van der Waals surface area contributed by atoms with Crippen molar-refractivity contribution >= 4 is 11.4 Å². The lowest BCUT2D eigenvalue weighted by Gasteiger charge is -2.22. The number of anilines is 2. The zero-order chi connectivity index (χ0) is 22.2. The Bertz CT molecular complexity index is 875. The molecule has 0 fully saturated rings. The Labute approximate surface area is 155 Å². The first kappa shape index (κ1) is 22.1. The molecule has 160 valence electrons. The molecular formula is C15H9F9N2O3. The molecule has 0 aromatic heterocycles. The van der Waals surface area contributed by atoms with Crippen molar-refractivity contribution in [3.8, 4) is 28.4 Å². The Morgan fingerprint density at radius 1 is 0.621 bits per heavy atom. The van der Waals surface area contributed by atoms with Gasteiger partial charge in [0.1, 0.15) is 5.69 Å². The van der Waals surface area contributed by atoms with Crippen LogP contribution in [0.4, 0.5) is 50.9 Å². The molecule has 0 radical (unpaired) electrons. The van der Waals surface area contributed by atoms with Gasteiger partial charge in [0, 0.05) is 11.3 Å². The third-order valence-corrected chi connectivity index (χ3v) is 3.12. The van der Waals surface area contributed by atoms with Gasteiger partial charge < -0.3 is 25.7 Å². The van der Waals surface area contributed by atoms with Crippen molar-refractivity contribution < 1.29 is 53.7 Å². The molecule has 4 N–H and O–H groups in total. The molecule has 0 spiro atoms. The number of ether oxygens (including phenoxy) is 3. The summed E-state index contributed by atoms with van der Waals surface area (Å²) in [6, 6.07) is 4.66. The predicted octanol–water partition coefficient (Wildman–Crippen LogP) is 5.21. The van der Waals surface area contributed by atoms with Crippen molar-refractivity contribution in [2.24, 2.45) is 0 Å². The molecule has 0 aliphatic carbocycles. The van der Waals surface area contributed by atoms with E-state index in [2.05, 4.69) is 14.2 Å². The van der Waals surface area contributed by atoms with Crippen molar-refractivity contribution in [3.63, 3.8) is 0 Å². The van der Waals surface area contributed by atoms with Crippen LogP contribution in [0.2, 0.25) is 0 Å². The van der Waals surface area contributed by atoms with Gasteiger partial charge in [-0.2, -0.15) is 0 Å². The largest absolute Gasteiger partial charge is 0.573 e. The molecule has 5 nitrogen and oxygen atoms in total. The third kappa shape index (κ3) is 6.15. The zero-order valence-electron chi connectivity index (χ0n) is 13.7. The van der Waals surface area contributed by atoms with Crippen LogP contribution < -0.4 is 25.7 Å². The number of halogens is 9. The summed E-state index contributed by atoms with van der Waals surface area (Å²) in [5.41, 5.74) is 8.01. The first-order valence-corrected chi connectivity index (χ1v) is 7.15. The molecule has 2 aromatic rings. The molecule has 0 aliphatic rings. The Hall–Kier alpha value is -3.19. The zero-order valence-corrected chi connectivity index (χ0v) is 13.7. The Balaban J connectivity index is 2.83. The normalized spacial score (nSPS) is 12.6. The van der Waals surface area contributed by atoms with Gasteiger partial charge in [-0.15, -0.1) is 39.5 Å². The smallest absolute Gasteiger partial charge is 0.403 e. The van der Waals surface area contributed by atoms with E-state index in [1.807, 2.05) is 0 Å². The third-order valence-electron chi connectivity index (χ3n) is 3.12. The minimum absolute atomic E-state index is 0.112. The van der Waals surface area contributed by atoms with Crippen molar-refractivity contribution in [1.82, 2.24) is 0 Å². The van der Waals surface area contributed by atoms with E-state index in [-0.39, 0.29) is 11.3 Å². The number of alkyl halides is 9. The molecule has 0 heterocycles. The monoisotopic (exact) mass is 436 g/mol. The summed E-state index contributed by atoms with van der Waals surface area (Å²) in [4.78, 5) is 0. The van der Waals surface area contributed by atoms with Gasteiger partial charge in [-0.3, -0.25) is 0 Å². The molecule has 0 atom stereocenters. The molecule has 2 aromatic carbocycles. The number of hydrogen-bond donors (Lipinski definition) is 2. The summed E-state index contributed by atoms with van der Waals surface area (Å²) in [6.07, 6.45) is -16.6. The van der Waals surface area contributed by atoms with E-state index in [9.17, 15) is 39.5 Å². The summed E-state index contributed by atoms with van der Waals surface area (Å²) in [5, 5.41) is 0. The highest BCUT2D eigenvalue weighted by Crippen LogP contribution is 2.51. The van der Waals surface area contributed by atoms with Gasteiger partial charge in [0.2, 0.25) is 0 Å². The number of hydrogen-bond acceptors (Lipinski definition) is 5. The van der Waals surface area contributed by atoms with Gasteiger partial charge in [-0.1, -0.05) is 12.1 Å². The fraction of sp³-hybridized carbons (Fsp3) is 0.200. The lowest BCUT2D eigenvalue weighted by atomic mass is 10.0.